The molecular formula is C31H32N2O4. The fourth-order valence-electron chi connectivity index (χ4n) is 4.67. The summed E-state index contributed by atoms with van der Waals surface area (Å²) in [7, 11) is 1.35. The largest absolute Gasteiger partial charge is 0.489 e. The van der Waals surface area contributed by atoms with Crippen LogP contribution in [0.5, 0.6) is 5.75 Å². The van der Waals surface area contributed by atoms with E-state index in [1.807, 2.05) is 106 Å². The SMILES string of the molecule is COC(=O)C1=C(C)NC(C)=C(C(=O)NC(C)c2ccccc2)[C@H]1c1ccccc1OCc1ccccc1. The molecule has 0 spiro atoms. The van der Waals surface area contributed by atoms with E-state index in [2.05, 4.69) is 10.6 Å². The van der Waals surface area contributed by atoms with Gasteiger partial charge in [-0.2, -0.15) is 0 Å². The van der Waals surface area contributed by atoms with Crippen LogP contribution in [0.2, 0.25) is 0 Å². The quantitative estimate of drug-likeness (QED) is 0.400. The Morgan fingerprint density at radius 1 is 0.865 bits per heavy atom. The van der Waals surface area contributed by atoms with Crippen molar-refractivity contribution in [2.45, 2.75) is 39.3 Å². The van der Waals surface area contributed by atoms with E-state index in [0.29, 0.717) is 34.9 Å². The van der Waals surface area contributed by atoms with Crippen molar-refractivity contribution in [2.75, 3.05) is 7.11 Å². The molecule has 6 heteroatoms. The van der Waals surface area contributed by atoms with Crippen molar-refractivity contribution in [3.05, 3.63) is 124 Å². The van der Waals surface area contributed by atoms with E-state index in [9.17, 15) is 9.59 Å². The van der Waals surface area contributed by atoms with E-state index in [-0.39, 0.29) is 11.9 Å². The van der Waals surface area contributed by atoms with Gasteiger partial charge in [0.05, 0.1) is 24.6 Å². The molecule has 1 heterocycles. The molecule has 2 N–H and O–H groups in total. The minimum atomic E-state index is -0.677. The highest BCUT2D eigenvalue weighted by Gasteiger charge is 2.38. The van der Waals surface area contributed by atoms with Gasteiger partial charge in [0.25, 0.3) is 0 Å². The molecule has 4 rings (SSSR count). The van der Waals surface area contributed by atoms with Crippen LogP contribution >= 0.6 is 0 Å². The molecule has 1 aliphatic heterocycles. The second-order valence-corrected chi connectivity index (χ2v) is 9.04. The molecule has 0 bridgehead atoms. The Morgan fingerprint density at radius 3 is 2.14 bits per heavy atom. The van der Waals surface area contributed by atoms with Gasteiger partial charge in [0.2, 0.25) is 5.91 Å². The van der Waals surface area contributed by atoms with Gasteiger partial charge in [0, 0.05) is 22.5 Å². The predicted molar refractivity (Wildman–Crippen MR) is 144 cm³/mol. The molecule has 3 aromatic rings. The fraction of sp³-hybridized carbons (Fsp3) is 0.226. The summed E-state index contributed by atoms with van der Waals surface area (Å²) in [5.41, 5.74) is 4.86. The maximum absolute atomic E-state index is 13.8. The Hall–Kier alpha value is -4.32. The van der Waals surface area contributed by atoms with Crippen molar-refractivity contribution in [3.63, 3.8) is 0 Å². The number of esters is 1. The first kappa shape index (κ1) is 25.8. The zero-order valence-electron chi connectivity index (χ0n) is 21.6. The van der Waals surface area contributed by atoms with Gasteiger partial charge in [0.1, 0.15) is 12.4 Å². The zero-order valence-corrected chi connectivity index (χ0v) is 21.6. The lowest BCUT2D eigenvalue weighted by atomic mass is 9.79. The zero-order chi connectivity index (χ0) is 26.4. The molecule has 6 nitrogen and oxygen atoms in total. The number of allylic oxidation sites excluding steroid dienone is 2. The molecule has 1 unspecified atom stereocenters. The van der Waals surface area contributed by atoms with Crippen LogP contribution in [0.3, 0.4) is 0 Å². The van der Waals surface area contributed by atoms with Gasteiger partial charge in [-0.25, -0.2) is 4.79 Å². The smallest absolute Gasteiger partial charge is 0.336 e. The number of carbonyl (C=O) groups is 2. The summed E-state index contributed by atoms with van der Waals surface area (Å²) in [6.45, 7) is 5.96. The van der Waals surface area contributed by atoms with Gasteiger partial charge < -0.3 is 20.1 Å². The van der Waals surface area contributed by atoms with E-state index < -0.39 is 11.9 Å². The third-order valence-corrected chi connectivity index (χ3v) is 6.52. The van der Waals surface area contributed by atoms with E-state index in [1.165, 1.54) is 7.11 Å². The van der Waals surface area contributed by atoms with Crippen LogP contribution < -0.4 is 15.4 Å². The number of nitrogens with one attached hydrogen (secondary N) is 2. The Bertz CT molecular complexity index is 1330. The molecular weight excluding hydrogens is 464 g/mol. The highest BCUT2D eigenvalue weighted by atomic mass is 16.5. The number of hydrogen-bond donors (Lipinski definition) is 2. The second-order valence-electron chi connectivity index (χ2n) is 9.04. The summed E-state index contributed by atoms with van der Waals surface area (Å²) >= 11 is 0. The first-order chi connectivity index (χ1) is 17.9. The summed E-state index contributed by atoms with van der Waals surface area (Å²) in [5.74, 6) is -0.842. The summed E-state index contributed by atoms with van der Waals surface area (Å²) in [5, 5.41) is 6.34. The van der Waals surface area contributed by atoms with Crippen LogP contribution in [-0.4, -0.2) is 19.0 Å². The number of ether oxygens (including phenoxy) is 2. The van der Waals surface area contributed by atoms with Crippen molar-refractivity contribution < 1.29 is 19.1 Å². The number of hydrogen-bond acceptors (Lipinski definition) is 5. The van der Waals surface area contributed by atoms with Crippen LogP contribution in [0.25, 0.3) is 0 Å². The van der Waals surface area contributed by atoms with Gasteiger partial charge in [-0.1, -0.05) is 78.9 Å². The van der Waals surface area contributed by atoms with Gasteiger partial charge in [-0.05, 0) is 38.0 Å². The average molecular weight is 497 g/mol. The highest BCUT2D eigenvalue weighted by molar-refractivity contribution is 6.02. The van der Waals surface area contributed by atoms with Crippen LogP contribution in [0, 0.1) is 0 Å². The molecule has 2 atom stereocenters. The van der Waals surface area contributed by atoms with Gasteiger partial charge in [0.15, 0.2) is 0 Å². The first-order valence-electron chi connectivity index (χ1n) is 12.3. The van der Waals surface area contributed by atoms with E-state index in [4.69, 9.17) is 9.47 Å². The molecule has 0 aromatic heterocycles. The van der Waals surface area contributed by atoms with Crippen molar-refractivity contribution >= 4 is 11.9 Å². The summed E-state index contributed by atoms with van der Waals surface area (Å²) < 4.78 is 11.4. The number of rotatable bonds is 8. The lowest BCUT2D eigenvalue weighted by Gasteiger charge is -2.32. The Balaban J connectivity index is 1.74. The highest BCUT2D eigenvalue weighted by Crippen LogP contribution is 2.42. The van der Waals surface area contributed by atoms with Gasteiger partial charge >= 0.3 is 5.97 Å². The summed E-state index contributed by atoms with van der Waals surface area (Å²) in [4.78, 5) is 26.9. The maximum atomic E-state index is 13.8. The third-order valence-electron chi connectivity index (χ3n) is 6.52. The topological polar surface area (TPSA) is 76.7 Å². The molecule has 0 saturated carbocycles. The number of carbonyl (C=O) groups excluding carboxylic acids is 2. The van der Waals surface area contributed by atoms with Gasteiger partial charge in [-0.15, -0.1) is 0 Å². The summed E-state index contributed by atoms with van der Waals surface area (Å²) in [6.07, 6.45) is 0. The maximum Gasteiger partial charge on any atom is 0.336 e. The van der Waals surface area contributed by atoms with Crippen molar-refractivity contribution in [1.82, 2.24) is 10.6 Å². The lowest BCUT2D eigenvalue weighted by molar-refractivity contribution is -0.136. The Labute approximate surface area is 218 Å². The fourth-order valence-corrected chi connectivity index (χ4v) is 4.67. The van der Waals surface area contributed by atoms with E-state index >= 15 is 0 Å². The predicted octanol–water partition coefficient (Wildman–Crippen LogP) is 5.55. The normalized spacial score (nSPS) is 16.1. The van der Waals surface area contributed by atoms with Gasteiger partial charge in [-0.3, -0.25) is 4.79 Å². The summed E-state index contributed by atoms with van der Waals surface area (Å²) in [6, 6.07) is 26.9. The van der Waals surface area contributed by atoms with Crippen molar-refractivity contribution in [2.24, 2.45) is 0 Å². The molecule has 0 aliphatic carbocycles. The molecule has 0 radical (unpaired) electrons. The molecule has 1 amide bonds. The number of para-hydroxylation sites is 1. The second kappa shape index (κ2) is 11.6. The Morgan fingerprint density at radius 2 is 1.46 bits per heavy atom. The minimum absolute atomic E-state index is 0.229. The molecule has 3 aromatic carbocycles. The third kappa shape index (κ3) is 5.75. The van der Waals surface area contributed by atoms with Crippen LogP contribution in [0.1, 0.15) is 49.4 Å². The molecule has 37 heavy (non-hydrogen) atoms. The number of benzene rings is 3. The van der Waals surface area contributed by atoms with Crippen LogP contribution in [0.4, 0.5) is 0 Å². The standard InChI is InChI=1S/C31H32N2O4/c1-20(24-15-9-6-10-16-24)33-30(34)27-21(2)32-22(3)28(31(35)36-4)29(27)25-17-11-12-18-26(25)37-19-23-13-7-5-8-14-23/h5-18,20,29,32H,19H2,1-4H3,(H,33,34)/t20?,29-/m1/s1. The molecule has 1 aliphatic rings. The minimum Gasteiger partial charge on any atom is -0.489 e. The monoisotopic (exact) mass is 496 g/mol. The number of amides is 1. The van der Waals surface area contributed by atoms with E-state index in [1.54, 1.807) is 0 Å². The van der Waals surface area contributed by atoms with Crippen molar-refractivity contribution in [1.29, 1.82) is 0 Å². The van der Waals surface area contributed by atoms with E-state index in [0.717, 1.165) is 16.7 Å². The number of dihydropyridines is 1. The molecule has 0 saturated heterocycles. The molecule has 190 valence electrons. The van der Waals surface area contributed by atoms with Crippen LogP contribution in [-0.2, 0) is 20.9 Å². The van der Waals surface area contributed by atoms with Crippen molar-refractivity contribution in [3.8, 4) is 5.75 Å². The first-order valence-corrected chi connectivity index (χ1v) is 12.3. The Kier molecular flexibility index (Phi) is 8.08. The molecule has 0 fully saturated rings. The average Bonchev–Trinajstić information content (AvgIpc) is 2.92. The van der Waals surface area contributed by atoms with Crippen LogP contribution in [0.15, 0.2) is 107 Å². The lowest BCUT2D eigenvalue weighted by Crippen LogP contribution is -2.37. The number of methoxy groups -OCH3 is 1.